The molecule has 1 aliphatic rings. The minimum absolute atomic E-state index is 0.123. The summed E-state index contributed by atoms with van der Waals surface area (Å²) in [7, 11) is 0. The standard InChI is InChI=1S/C14H23N5/c1-8-9-6-5-7-10(14(2,3)4)11(9)18-13(17-8)19-12(15)16/h10H,5-7H2,1-4H3,(H4,15,16,17,18,19). The maximum absolute atomic E-state index is 7.30. The molecule has 0 spiro atoms. The summed E-state index contributed by atoms with van der Waals surface area (Å²) in [4.78, 5) is 9.02. The third-order valence-corrected chi connectivity index (χ3v) is 3.79. The second-order valence-electron chi connectivity index (χ2n) is 6.35. The molecule has 5 heteroatoms. The zero-order chi connectivity index (χ0) is 14.2. The highest BCUT2D eigenvalue weighted by Gasteiger charge is 2.33. The Balaban J connectivity index is 2.48. The molecule has 5 nitrogen and oxygen atoms in total. The van der Waals surface area contributed by atoms with Crippen molar-refractivity contribution in [3.63, 3.8) is 0 Å². The molecule has 0 radical (unpaired) electrons. The average Bonchev–Trinajstić information content (AvgIpc) is 2.26. The lowest BCUT2D eigenvalue weighted by Gasteiger charge is -2.35. The summed E-state index contributed by atoms with van der Waals surface area (Å²) in [6.45, 7) is 8.77. The number of fused-ring (bicyclic) bond motifs is 1. The Hall–Kier alpha value is -1.65. The van der Waals surface area contributed by atoms with E-state index < -0.39 is 0 Å². The number of aryl methyl sites for hydroxylation is 1. The van der Waals surface area contributed by atoms with Crippen LogP contribution >= 0.6 is 0 Å². The van der Waals surface area contributed by atoms with Gasteiger partial charge in [-0.15, -0.1) is 0 Å². The number of rotatable bonds is 1. The number of nitrogens with zero attached hydrogens (tertiary/aromatic N) is 2. The number of aromatic nitrogens is 2. The van der Waals surface area contributed by atoms with Crippen LogP contribution in [0.25, 0.3) is 0 Å². The summed E-state index contributed by atoms with van der Waals surface area (Å²) in [5.74, 6) is 0.757. The van der Waals surface area contributed by atoms with E-state index in [1.54, 1.807) is 0 Å². The normalized spacial score (nSPS) is 18.8. The van der Waals surface area contributed by atoms with Crippen molar-refractivity contribution in [2.75, 3.05) is 5.32 Å². The third-order valence-electron chi connectivity index (χ3n) is 3.79. The van der Waals surface area contributed by atoms with Crippen molar-refractivity contribution in [3.05, 3.63) is 17.0 Å². The van der Waals surface area contributed by atoms with Crippen molar-refractivity contribution < 1.29 is 0 Å². The monoisotopic (exact) mass is 261 g/mol. The maximum atomic E-state index is 7.30. The molecule has 1 heterocycles. The van der Waals surface area contributed by atoms with Gasteiger partial charge in [0.2, 0.25) is 5.95 Å². The number of guanidine groups is 1. The molecule has 0 aromatic carbocycles. The number of nitrogens with one attached hydrogen (secondary N) is 2. The molecule has 1 atom stereocenters. The summed E-state index contributed by atoms with van der Waals surface area (Å²) in [6, 6.07) is 0. The summed E-state index contributed by atoms with van der Waals surface area (Å²) in [6.07, 6.45) is 3.40. The minimum Gasteiger partial charge on any atom is -0.370 e. The Labute approximate surface area is 114 Å². The zero-order valence-corrected chi connectivity index (χ0v) is 12.2. The van der Waals surface area contributed by atoms with Gasteiger partial charge in [-0.25, -0.2) is 9.97 Å². The number of hydrogen-bond donors (Lipinski definition) is 3. The van der Waals surface area contributed by atoms with Crippen LogP contribution in [0.1, 0.15) is 56.5 Å². The lowest BCUT2D eigenvalue weighted by molar-refractivity contribution is 0.283. The van der Waals surface area contributed by atoms with Crippen LogP contribution in [0.4, 0.5) is 5.95 Å². The molecule has 0 saturated heterocycles. The fraction of sp³-hybridized carbons (Fsp3) is 0.643. The molecule has 1 aromatic heterocycles. The van der Waals surface area contributed by atoms with Crippen molar-refractivity contribution in [2.45, 2.75) is 52.9 Å². The predicted molar refractivity (Wildman–Crippen MR) is 77.4 cm³/mol. The molecule has 0 bridgehead atoms. The highest BCUT2D eigenvalue weighted by Crippen LogP contribution is 2.43. The molecular weight excluding hydrogens is 238 g/mol. The Morgan fingerprint density at radius 3 is 2.63 bits per heavy atom. The van der Waals surface area contributed by atoms with Gasteiger partial charge >= 0.3 is 0 Å². The third kappa shape index (κ3) is 2.85. The van der Waals surface area contributed by atoms with Gasteiger partial charge in [0.25, 0.3) is 0 Å². The fourth-order valence-electron chi connectivity index (χ4n) is 2.85. The van der Waals surface area contributed by atoms with Crippen LogP contribution in [-0.4, -0.2) is 15.9 Å². The van der Waals surface area contributed by atoms with Gasteiger partial charge in [-0.05, 0) is 37.2 Å². The first-order chi connectivity index (χ1) is 8.79. The molecule has 0 fully saturated rings. The Morgan fingerprint density at radius 2 is 2.05 bits per heavy atom. The highest BCUT2D eigenvalue weighted by atomic mass is 15.2. The van der Waals surface area contributed by atoms with Crippen LogP contribution in [0.2, 0.25) is 0 Å². The number of nitrogens with two attached hydrogens (primary N) is 1. The van der Waals surface area contributed by atoms with Crippen molar-refractivity contribution in [3.8, 4) is 0 Å². The van der Waals surface area contributed by atoms with Gasteiger partial charge in [-0.3, -0.25) is 10.7 Å². The first-order valence-electron chi connectivity index (χ1n) is 6.77. The van der Waals surface area contributed by atoms with Gasteiger partial charge < -0.3 is 5.73 Å². The SMILES string of the molecule is Cc1nc(NC(=N)N)nc2c1CCCC2C(C)(C)C. The zero-order valence-electron chi connectivity index (χ0n) is 12.2. The van der Waals surface area contributed by atoms with Gasteiger partial charge in [0.05, 0.1) is 5.69 Å². The predicted octanol–water partition coefficient (Wildman–Crippen LogP) is 2.56. The van der Waals surface area contributed by atoms with Crippen LogP contribution in [0.5, 0.6) is 0 Å². The Kier molecular flexibility index (Phi) is 3.47. The van der Waals surface area contributed by atoms with E-state index in [9.17, 15) is 0 Å². The number of anilines is 1. The molecule has 4 N–H and O–H groups in total. The molecule has 0 aliphatic heterocycles. The van der Waals surface area contributed by atoms with E-state index in [1.165, 1.54) is 12.0 Å². The highest BCUT2D eigenvalue weighted by molar-refractivity contribution is 5.87. The Morgan fingerprint density at radius 1 is 1.37 bits per heavy atom. The molecular formula is C14H23N5. The second-order valence-corrected chi connectivity index (χ2v) is 6.35. The lowest BCUT2D eigenvalue weighted by Crippen LogP contribution is -2.27. The maximum Gasteiger partial charge on any atom is 0.229 e. The van der Waals surface area contributed by atoms with Crippen LogP contribution in [0, 0.1) is 17.7 Å². The molecule has 0 saturated carbocycles. The lowest BCUT2D eigenvalue weighted by atomic mass is 9.71. The van der Waals surface area contributed by atoms with Gasteiger partial charge in [0, 0.05) is 11.6 Å². The molecule has 1 unspecified atom stereocenters. The van der Waals surface area contributed by atoms with Gasteiger partial charge in [-0.2, -0.15) is 0 Å². The van der Waals surface area contributed by atoms with Crippen molar-refractivity contribution in [2.24, 2.45) is 11.1 Å². The molecule has 104 valence electrons. The van der Waals surface area contributed by atoms with E-state index in [2.05, 4.69) is 36.1 Å². The topological polar surface area (TPSA) is 87.7 Å². The first kappa shape index (κ1) is 13.8. The minimum atomic E-state index is -0.123. The molecule has 0 amide bonds. The van der Waals surface area contributed by atoms with Gasteiger partial charge in [0.15, 0.2) is 5.96 Å². The van der Waals surface area contributed by atoms with E-state index in [1.807, 2.05) is 6.92 Å². The van der Waals surface area contributed by atoms with E-state index in [-0.39, 0.29) is 11.4 Å². The average molecular weight is 261 g/mol. The van der Waals surface area contributed by atoms with E-state index >= 15 is 0 Å². The summed E-state index contributed by atoms with van der Waals surface area (Å²) in [5.41, 5.74) is 8.96. The van der Waals surface area contributed by atoms with Crippen LogP contribution in [-0.2, 0) is 6.42 Å². The van der Waals surface area contributed by atoms with E-state index in [0.717, 1.165) is 24.2 Å². The van der Waals surface area contributed by atoms with Crippen molar-refractivity contribution in [1.82, 2.24) is 9.97 Å². The Bertz CT molecular complexity index is 501. The smallest absolute Gasteiger partial charge is 0.229 e. The quantitative estimate of drug-likeness (QED) is 0.535. The van der Waals surface area contributed by atoms with E-state index in [4.69, 9.17) is 11.1 Å². The summed E-state index contributed by atoms with van der Waals surface area (Å²) in [5, 5.41) is 10.0. The van der Waals surface area contributed by atoms with Crippen LogP contribution < -0.4 is 11.1 Å². The second kappa shape index (κ2) is 4.79. The molecule has 1 aliphatic carbocycles. The molecule has 19 heavy (non-hydrogen) atoms. The molecule has 2 rings (SSSR count). The first-order valence-corrected chi connectivity index (χ1v) is 6.77. The van der Waals surface area contributed by atoms with Crippen molar-refractivity contribution >= 4 is 11.9 Å². The van der Waals surface area contributed by atoms with Crippen molar-refractivity contribution in [1.29, 1.82) is 5.41 Å². The largest absolute Gasteiger partial charge is 0.370 e. The van der Waals surface area contributed by atoms with E-state index in [0.29, 0.717) is 11.9 Å². The van der Waals surface area contributed by atoms with Crippen LogP contribution in [0.3, 0.4) is 0 Å². The molecule has 1 aromatic rings. The summed E-state index contributed by atoms with van der Waals surface area (Å²) >= 11 is 0. The van der Waals surface area contributed by atoms with Gasteiger partial charge in [-0.1, -0.05) is 20.8 Å². The number of hydrogen-bond acceptors (Lipinski definition) is 3. The van der Waals surface area contributed by atoms with Crippen LogP contribution in [0.15, 0.2) is 0 Å². The van der Waals surface area contributed by atoms with Gasteiger partial charge in [0.1, 0.15) is 0 Å². The summed E-state index contributed by atoms with van der Waals surface area (Å²) < 4.78 is 0. The fourth-order valence-corrected chi connectivity index (χ4v) is 2.85.